The van der Waals surface area contributed by atoms with Crippen molar-refractivity contribution in [2.75, 3.05) is 0 Å². The summed E-state index contributed by atoms with van der Waals surface area (Å²) in [7, 11) is 0. The molecule has 1 aliphatic rings. The predicted octanol–water partition coefficient (Wildman–Crippen LogP) is 4.01. The summed E-state index contributed by atoms with van der Waals surface area (Å²) >= 11 is 0. The average molecular weight is 270 g/mol. The molecule has 0 aromatic heterocycles. The van der Waals surface area contributed by atoms with Crippen LogP contribution in [0, 0.1) is 19.7 Å². The van der Waals surface area contributed by atoms with Crippen molar-refractivity contribution < 1.29 is 9.50 Å². The Labute approximate surface area is 119 Å². The van der Waals surface area contributed by atoms with E-state index < -0.39 is 5.60 Å². The van der Waals surface area contributed by atoms with E-state index in [1.807, 2.05) is 44.2 Å². The van der Waals surface area contributed by atoms with Gasteiger partial charge in [-0.3, -0.25) is 0 Å². The molecule has 2 heteroatoms. The van der Waals surface area contributed by atoms with Gasteiger partial charge in [0, 0.05) is 5.56 Å². The maximum absolute atomic E-state index is 14.5. The third-order valence-electron chi connectivity index (χ3n) is 4.29. The van der Waals surface area contributed by atoms with Gasteiger partial charge in [-0.15, -0.1) is 0 Å². The van der Waals surface area contributed by atoms with Crippen molar-refractivity contribution in [1.82, 2.24) is 0 Å². The predicted molar refractivity (Wildman–Crippen MR) is 78.3 cm³/mol. The van der Waals surface area contributed by atoms with Crippen LogP contribution in [0.2, 0.25) is 0 Å². The zero-order chi connectivity index (χ0) is 14.3. The Bertz CT molecular complexity index is 639. The molecular weight excluding hydrogens is 251 g/mol. The molecule has 1 aliphatic carbocycles. The first-order valence-corrected chi connectivity index (χ1v) is 7.10. The van der Waals surface area contributed by atoms with Crippen LogP contribution in [-0.4, -0.2) is 5.11 Å². The Balaban J connectivity index is 2.25. The quantitative estimate of drug-likeness (QED) is 0.830. The highest BCUT2D eigenvalue weighted by Crippen LogP contribution is 2.42. The first-order chi connectivity index (χ1) is 9.52. The Kier molecular flexibility index (Phi) is 3.14. The van der Waals surface area contributed by atoms with Crippen LogP contribution in [0.15, 0.2) is 36.4 Å². The highest BCUT2D eigenvalue weighted by molar-refractivity contribution is 5.47. The number of halogens is 1. The standard InChI is InChI=1S/C18H19FO/c1-12-10-13(2)17(16(19)11-12)18(20)9-5-7-14-6-3-4-8-15(14)18/h3-4,6,8,10-11,20H,5,7,9H2,1-2H3. The highest BCUT2D eigenvalue weighted by atomic mass is 19.1. The molecule has 0 radical (unpaired) electrons. The maximum atomic E-state index is 14.5. The molecule has 0 aliphatic heterocycles. The van der Waals surface area contributed by atoms with E-state index in [2.05, 4.69) is 0 Å². The first kappa shape index (κ1) is 13.3. The fourth-order valence-electron chi connectivity index (χ4n) is 3.51. The molecule has 1 nitrogen and oxygen atoms in total. The van der Waals surface area contributed by atoms with Crippen molar-refractivity contribution in [3.63, 3.8) is 0 Å². The second-order valence-electron chi connectivity index (χ2n) is 5.81. The molecule has 0 amide bonds. The number of aliphatic hydroxyl groups is 1. The lowest BCUT2D eigenvalue weighted by Gasteiger charge is -2.36. The Hall–Kier alpha value is -1.67. The van der Waals surface area contributed by atoms with Crippen molar-refractivity contribution in [3.05, 3.63) is 70.0 Å². The monoisotopic (exact) mass is 270 g/mol. The van der Waals surface area contributed by atoms with E-state index in [1.54, 1.807) is 0 Å². The van der Waals surface area contributed by atoms with Crippen molar-refractivity contribution in [1.29, 1.82) is 0 Å². The molecule has 0 spiro atoms. The molecule has 3 rings (SSSR count). The Morgan fingerprint density at radius 2 is 1.90 bits per heavy atom. The summed E-state index contributed by atoms with van der Waals surface area (Å²) in [6.45, 7) is 3.75. The van der Waals surface area contributed by atoms with Crippen molar-refractivity contribution in [2.24, 2.45) is 0 Å². The van der Waals surface area contributed by atoms with Gasteiger partial charge in [-0.05, 0) is 61.4 Å². The molecule has 1 unspecified atom stereocenters. The average Bonchev–Trinajstić information content (AvgIpc) is 2.38. The minimum absolute atomic E-state index is 0.304. The third kappa shape index (κ3) is 1.95. The molecular formula is C18H19FO. The van der Waals surface area contributed by atoms with Gasteiger partial charge in [0.15, 0.2) is 0 Å². The summed E-state index contributed by atoms with van der Waals surface area (Å²) in [5, 5.41) is 11.2. The van der Waals surface area contributed by atoms with Gasteiger partial charge >= 0.3 is 0 Å². The molecule has 0 saturated carbocycles. The van der Waals surface area contributed by atoms with E-state index in [9.17, 15) is 9.50 Å². The lowest BCUT2D eigenvalue weighted by atomic mass is 9.73. The summed E-state index contributed by atoms with van der Waals surface area (Å²) in [4.78, 5) is 0. The molecule has 1 N–H and O–H groups in total. The topological polar surface area (TPSA) is 20.2 Å². The van der Waals surface area contributed by atoms with Gasteiger partial charge in [0.1, 0.15) is 11.4 Å². The van der Waals surface area contributed by atoms with E-state index in [0.717, 1.165) is 35.1 Å². The van der Waals surface area contributed by atoms with Crippen LogP contribution in [0.1, 0.15) is 40.7 Å². The Morgan fingerprint density at radius 3 is 2.65 bits per heavy atom. The lowest BCUT2D eigenvalue weighted by molar-refractivity contribution is 0.0572. The van der Waals surface area contributed by atoms with E-state index in [4.69, 9.17) is 0 Å². The van der Waals surface area contributed by atoms with Crippen molar-refractivity contribution in [3.8, 4) is 0 Å². The fourth-order valence-corrected chi connectivity index (χ4v) is 3.51. The highest BCUT2D eigenvalue weighted by Gasteiger charge is 2.39. The summed E-state index contributed by atoms with van der Waals surface area (Å²) < 4.78 is 14.5. The fraction of sp³-hybridized carbons (Fsp3) is 0.333. The number of rotatable bonds is 1. The Morgan fingerprint density at radius 1 is 1.15 bits per heavy atom. The van der Waals surface area contributed by atoms with Crippen LogP contribution in [-0.2, 0) is 12.0 Å². The van der Waals surface area contributed by atoms with E-state index in [0.29, 0.717) is 12.0 Å². The lowest BCUT2D eigenvalue weighted by Crippen LogP contribution is -2.33. The van der Waals surface area contributed by atoms with Gasteiger partial charge in [-0.25, -0.2) is 4.39 Å². The zero-order valence-corrected chi connectivity index (χ0v) is 11.9. The second-order valence-corrected chi connectivity index (χ2v) is 5.81. The second kappa shape index (κ2) is 4.71. The van der Waals surface area contributed by atoms with Gasteiger partial charge in [-0.2, -0.15) is 0 Å². The maximum Gasteiger partial charge on any atom is 0.130 e. The van der Waals surface area contributed by atoms with Gasteiger partial charge < -0.3 is 5.11 Å². The summed E-state index contributed by atoms with van der Waals surface area (Å²) in [5.74, 6) is -0.304. The third-order valence-corrected chi connectivity index (χ3v) is 4.29. The largest absolute Gasteiger partial charge is 0.380 e. The molecule has 0 bridgehead atoms. The first-order valence-electron chi connectivity index (χ1n) is 7.10. The SMILES string of the molecule is Cc1cc(C)c(C2(O)CCCc3ccccc32)c(F)c1. The van der Waals surface area contributed by atoms with Crippen LogP contribution >= 0.6 is 0 Å². The summed E-state index contributed by atoms with van der Waals surface area (Å²) in [6, 6.07) is 11.3. The summed E-state index contributed by atoms with van der Waals surface area (Å²) in [5.41, 5.74) is 2.93. The van der Waals surface area contributed by atoms with Gasteiger partial charge in [0.2, 0.25) is 0 Å². The molecule has 1 atom stereocenters. The minimum Gasteiger partial charge on any atom is -0.380 e. The van der Waals surface area contributed by atoms with E-state index >= 15 is 0 Å². The van der Waals surface area contributed by atoms with Crippen LogP contribution in [0.4, 0.5) is 4.39 Å². The number of fused-ring (bicyclic) bond motifs is 1. The number of benzene rings is 2. The van der Waals surface area contributed by atoms with Gasteiger partial charge in [0.25, 0.3) is 0 Å². The van der Waals surface area contributed by atoms with Gasteiger partial charge in [-0.1, -0.05) is 30.3 Å². The van der Waals surface area contributed by atoms with Crippen LogP contribution < -0.4 is 0 Å². The molecule has 0 saturated heterocycles. The molecule has 2 aromatic carbocycles. The van der Waals surface area contributed by atoms with Crippen LogP contribution in [0.3, 0.4) is 0 Å². The van der Waals surface area contributed by atoms with Crippen LogP contribution in [0.5, 0.6) is 0 Å². The smallest absolute Gasteiger partial charge is 0.130 e. The zero-order valence-electron chi connectivity index (χ0n) is 11.9. The van der Waals surface area contributed by atoms with Crippen molar-refractivity contribution in [2.45, 2.75) is 38.7 Å². The summed E-state index contributed by atoms with van der Waals surface area (Å²) in [6.07, 6.45) is 2.40. The molecule has 0 heterocycles. The van der Waals surface area contributed by atoms with Crippen molar-refractivity contribution >= 4 is 0 Å². The molecule has 2 aromatic rings. The minimum atomic E-state index is -1.20. The van der Waals surface area contributed by atoms with E-state index in [-0.39, 0.29) is 5.82 Å². The number of hydrogen-bond acceptors (Lipinski definition) is 1. The molecule has 104 valence electrons. The van der Waals surface area contributed by atoms with E-state index in [1.165, 1.54) is 6.07 Å². The molecule has 20 heavy (non-hydrogen) atoms. The van der Waals surface area contributed by atoms with Gasteiger partial charge in [0.05, 0.1) is 0 Å². The number of hydrogen-bond donors (Lipinski definition) is 1. The normalized spacial score (nSPS) is 21.6. The number of aryl methyl sites for hydroxylation is 3. The van der Waals surface area contributed by atoms with Crippen LogP contribution in [0.25, 0.3) is 0 Å². The molecule has 0 fully saturated rings.